The molecule has 1 aromatic carbocycles. The van der Waals surface area contributed by atoms with Crippen LogP contribution in [0.4, 0.5) is 11.5 Å². The van der Waals surface area contributed by atoms with Gasteiger partial charge in [-0.05, 0) is 31.0 Å². The summed E-state index contributed by atoms with van der Waals surface area (Å²) in [5, 5.41) is 11.8. The Labute approximate surface area is 172 Å². The van der Waals surface area contributed by atoms with Crippen molar-refractivity contribution in [3.8, 4) is 0 Å². The maximum Gasteiger partial charge on any atom is 0.269 e. The molecule has 30 heavy (non-hydrogen) atoms. The van der Waals surface area contributed by atoms with Crippen LogP contribution < -0.4 is 4.90 Å². The van der Waals surface area contributed by atoms with E-state index in [1.165, 1.54) is 34.9 Å². The predicted octanol–water partition coefficient (Wildman–Crippen LogP) is 2.16. The second-order valence-corrected chi connectivity index (χ2v) is 9.91. The molecular formula is C19H20N6O4S. The number of hydrogen-bond donors (Lipinski definition) is 1. The molecule has 11 heteroatoms. The summed E-state index contributed by atoms with van der Waals surface area (Å²) >= 11 is 0. The summed E-state index contributed by atoms with van der Waals surface area (Å²) in [4.78, 5) is 24.2. The minimum Gasteiger partial charge on any atom is -0.354 e. The number of nitrogens with one attached hydrogen (secondary N) is 1. The van der Waals surface area contributed by atoms with Gasteiger partial charge in [-0.2, -0.15) is 4.31 Å². The zero-order valence-electron chi connectivity index (χ0n) is 16.2. The van der Waals surface area contributed by atoms with Crippen molar-refractivity contribution in [3.05, 3.63) is 53.0 Å². The minimum atomic E-state index is -3.75. The highest BCUT2D eigenvalue weighted by molar-refractivity contribution is 7.89. The lowest BCUT2D eigenvalue weighted by Crippen LogP contribution is -2.40. The molecule has 1 spiro atoms. The van der Waals surface area contributed by atoms with Gasteiger partial charge in [0.2, 0.25) is 10.0 Å². The van der Waals surface area contributed by atoms with Crippen molar-refractivity contribution in [3.63, 3.8) is 0 Å². The van der Waals surface area contributed by atoms with Crippen LogP contribution in [0, 0.1) is 15.5 Å². The van der Waals surface area contributed by atoms with Gasteiger partial charge in [0, 0.05) is 43.9 Å². The molecule has 156 valence electrons. The average Bonchev–Trinajstić information content (AvgIpc) is 3.17. The number of hydrogen-bond acceptors (Lipinski definition) is 7. The molecule has 2 aliphatic rings. The molecule has 1 atom stereocenters. The van der Waals surface area contributed by atoms with Crippen molar-refractivity contribution in [2.24, 2.45) is 5.41 Å². The summed E-state index contributed by atoms with van der Waals surface area (Å²) in [6.45, 7) is 0.772. The predicted molar refractivity (Wildman–Crippen MR) is 110 cm³/mol. The number of sulfonamides is 1. The minimum absolute atomic E-state index is 0.0154. The van der Waals surface area contributed by atoms with E-state index in [1.54, 1.807) is 0 Å². The van der Waals surface area contributed by atoms with Crippen LogP contribution in [0.25, 0.3) is 11.0 Å². The molecule has 1 aliphatic heterocycles. The molecule has 10 nitrogen and oxygen atoms in total. The third-order valence-electron chi connectivity index (χ3n) is 6.29. The third kappa shape index (κ3) is 2.84. The number of fused-ring (bicyclic) bond motifs is 1. The molecule has 5 rings (SSSR count). The Bertz CT molecular complexity index is 1240. The van der Waals surface area contributed by atoms with Gasteiger partial charge in [-0.25, -0.2) is 18.4 Å². The van der Waals surface area contributed by atoms with Gasteiger partial charge in [-0.3, -0.25) is 10.1 Å². The Kier molecular flexibility index (Phi) is 4.09. The van der Waals surface area contributed by atoms with E-state index in [0.29, 0.717) is 13.1 Å². The van der Waals surface area contributed by atoms with E-state index >= 15 is 0 Å². The molecule has 0 radical (unpaired) electrons. The first-order valence-electron chi connectivity index (χ1n) is 9.57. The summed E-state index contributed by atoms with van der Waals surface area (Å²) in [7, 11) is -1.80. The van der Waals surface area contributed by atoms with Gasteiger partial charge in [0.25, 0.3) is 5.69 Å². The number of likely N-dealkylation sites (N-methyl/N-ethyl adjacent to an activating group) is 1. The fourth-order valence-corrected chi connectivity index (χ4v) is 5.99. The molecule has 1 aliphatic carbocycles. The fraction of sp³-hybridized carbons (Fsp3) is 0.368. The largest absolute Gasteiger partial charge is 0.354 e. The van der Waals surface area contributed by atoms with E-state index in [1.807, 2.05) is 19.3 Å². The van der Waals surface area contributed by atoms with E-state index in [0.717, 1.165) is 29.7 Å². The quantitative estimate of drug-likeness (QED) is 0.487. The van der Waals surface area contributed by atoms with Crippen LogP contribution in [-0.2, 0) is 10.0 Å². The van der Waals surface area contributed by atoms with Gasteiger partial charge < -0.3 is 9.88 Å². The lowest BCUT2D eigenvalue weighted by molar-refractivity contribution is -0.384. The number of nitrogens with zero attached hydrogens (tertiary/aromatic N) is 5. The number of nitro groups is 1. The first-order chi connectivity index (χ1) is 14.3. The zero-order chi connectivity index (χ0) is 21.1. The second-order valence-electron chi connectivity index (χ2n) is 7.97. The number of rotatable bonds is 5. The molecular weight excluding hydrogens is 408 g/mol. The number of aromatic amines is 1. The topological polar surface area (TPSA) is 125 Å². The van der Waals surface area contributed by atoms with Crippen molar-refractivity contribution >= 4 is 32.6 Å². The van der Waals surface area contributed by atoms with Crippen molar-refractivity contribution in [1.82, 2.24) is 19.3 Å². The molecule has 3 heterocycles. The lowest BCUT2D eigenvalue weighted by atomic mass is 9.99. The Morgan fingerprint density at radius 2 is 1.97 bits per heavy atom. The van der Waals surface area contributed by atoms with Crippen molar-refractivity contribution in [2.75, 3.05) is 25.0 Å². The van der Waals surface area contributed by atoms with E-state index in [-0.39, 0.29) is 22.0 Å². The van der Waals surface area contributed by atoms with Crippen molar-refractivity contribution < 1.29 is 13.3 Å². The molecule has 1 saturated carbocycles. The number of H-pyrrole nitrogens is 1. The molecule has 3 aromatic rings. The smallest absolute Gasteiger partial charge is 0.269 e. The Hall–Kier alpha value is -3.05. The maximum absolute atomic E-state index is 13.2. The maximum atomic E-state index is 13.2. The Balaban J connectivity index is 1.45. The van der Waals surface area contributed by atoms with Crippen LogP contribution in [0.1, 0.15) is 12.8 Å². The van der Waals surface area contributed by atoms with Crippen LogP contribution in [0.15, 0.2) is 47.8 Å². The molecule has 0 bridgehead atoms. The van der Waals surface area contributed by atoms with Gasteiger partial charge >= 0.3 is 0 Å². The highest BCUT2D eigenvalue weighted by Crippen LogP contribution is 2.55. The van der Waals surface area contributed by atoms with E-state index in [2.05, 4.69) is 19.9 Å². The monoisotopic (exact) mass is 428 g/mol. The first kappa shape index (κ1) is 18.9. The van der Waals surface area contributed by atoms with Crippen LogP contribution >= 0.6 is 0 Å². The second kappa shape index (κ2) is 6.47. The van der Waals surface area contributed by atoms with E-state index < -0.39 is 14.9 Å². The van der Waals surface area contributed by atoms with Crippen LogP contribution in [0.2, 0.25) is 0 Å². The number of aromatic nitrogens is 3. The molecule has 1 N–H and O–H groups in total. The van der Waals surface area contributed by atoms with Crippen molar-refractivity contribution in [2.45, 2.75) is 23.8 Å². The van der Waals surface area contributed by atoms with Crippen LogP contribution in [0.5, 0.6) is 0 Å². The lowest BCUT2D eigenvalue weighted by Gasteiger charge is -2.30. The zero-order valence-corrected chi connectivity index (χ0v) is 17.0. The van der Waals surface area contributed by atoms with Crippen molar-refractivity contribution in [1.29, 1.82) is 0 Å². The molecule has 1 saturated heterocycles. The van der Waals surface area contributed by atoms with E-state index in [4.69, 9.17) is 0 Å². The molecule has 2 fully saturated rings. The standard InChI is InChI=1S/C19H20N6O4S/c1-23(18-15-6-9-20-17(15)21-12-22-18)16-10-24(11-19(16)7-8-19)30(28,29)14-4-2-13(3-5-14)25(26)27/h2-6,9,12,16H,7-8,10-11H2,1H3,(H,20,21,22). The van der Waals surface area contributed by atoms with Crippen LogP contribution in [-0.4, -0.2) is 58.8 Å². The van der Waals surface area contributed by atoms with Gasteiger partial charge in [-0.1, -0.05) is 0 Å². The summed E-state index contributed by atoms with van der Waals surface area (Å²) in [5.41, 5.74) is 0.506. The number of nitro benzene ring substituents is 1. The Morgan fingerprint density at radius 3 is 2.63 bits per heavy atom. The average molecular weight is 428 g/mol. The molecule has 0 amide bonds. The third-order valence-corrected chi connectivity index (χ3v) is 8.11. The normalized spacial score (nSPS) is 20.6. The summed E-state index contributed by atoms with van der Waals surface area (Å²) < 4.78 is 27.9. The fourth-order valence-electron chi connectivity index (χ4n) is 4.45. The number of non-ortho nitro benzene ring substituents is 1. The van der Waals surface area contributed by atoms with Gasteiger partial charge in [0.05, 0.1) is 21.2 Å². The molecule has 1 unspecified atom stereocenters. The Morgan fingerprint density at radius 1 is 1.23 bits per heavy atom. The highest BCUT2D eigenvalue weighted by atomic mass is 32.2. The number of anilines is 1. The highest BCUT2D eigenvalue weighted by Gasteiger charge is 2.59. The summed E-state index contributed by atoms with van der Waals surface area (Å²) in [5.74, 6) is 0.770. The van der Waals surface area contributed by atoms with Crippen LogP contribution in [0.3, 0.4) is 0 Å². The van der Waals surface area contributed by atoms with Gasteiger partial charge in [-0.15, -0.1) is 0 Å². The van der Waals surface area contributed by atoms with Gasteiger partial charge in [0.1, 0.15) is 17.8 Å². The van der Waals surface area contributed by atoms with E-state index in [9.17, 15) is 18.5 Å². The molecule has 2 aromatic heterocycles. The first-order valence-corrected chi connectivity index (χ1v) is 11.0. The van der Waals surface area contributed by atoms with Gasteiger partial charge in [0.15, 0.2) is 0 Å². The SMILES string of the molecule is CN(c1ncnc2[nH]ccc12)C1CN(S(=O)(=O)c2ccc([N+](=O)[O-])cc2)CC12CC2. The summed E-state index contributed by atoms with van der Waals surface area (Å²) in [6, 6.07) is 6.96. The summed E-state index contributed by atoms with van der Waals surface area (Å²) in [6.07, 6.45) is 5.22. The number of benzene rings is 1.